The molecule has 1 amide bonds. The lowest BCUT2D eigenvalue weighted by Gasteiger charge is -2.09. The molecule has 0 saturated carbocycles. The minimum atomic E-state index is -3.89. The Labute approximate surface area is 183 Å². The highest BCUT2D eigenvalue weighted by atomic mass is 32.2. The van der Waals surface area contributed by atoms with Gasteiger partial charge in [-0.3, -0.25) is 9.89 Å². The number of aromatic amines is 1. The molecule has 0 saturated heterocycles. The number of hydrogen-bond acceptors (Lipinski definition) is 7. The summed E-state index contributed by atoms with van der Waals surface area (Å²) in [5.41, 5.74) is 8.92. The predicted octanol–water partition coefficient (Wildman–Crippen LogP) is 3.32. The molecule has 32 heavy (non-hydrogen) atoms. The van der Waals surface area contributed by atoms with Gasteiger partial charge in [-0.1, -0.05) is 35.5 Å². The minimum Gasteiger partial charge on any atom is -0.382 e. The van der Waals surface area contributed by atoms with Crippen LogP contribution in [0.2, 0.25) is 0 Å². The Hall–Kier alpha value is -4.12. The Morgan fingerprint density at radius 3 is 2.38 bits per heavy atom. The average Bonchev–Trinajstić information content (AvgIpc) is 3.32. The highest BCUT2D eigenvalue weighted by Gasteiger charge is 2.22. The third-order valence-corrected chi connectivity index (χ3v) is 6.24. The molecule has 2 aromatic heterocycles. The molecule has 10 nitrogen and oxygen atoms in total. The molecule has 0 unspecified atom stereocenters. The van der Waals surface area contributed by atoms with E-state index >= 15 is 0 Å². The van der Waals surface area contributed by atoms with Crippen LogP contribution in [0.25, 0.3) is 11.3 Å². The van der Waals surface area contributed by atoms with Gasteiger partial charge >= 0.3 is 0 Å². The number of amides is 1. The molecule has 0 aliphatic heterocycles. The zero-order valence-corrected chi connectivity index (χ0v) is 18.0. The van der Waals surface area contributed by atoms with Crippen molar-refractivity contribution in [3.8, 4) is 11.3 Å². The van der Waals surface area contributed by atoms with E-state index < -0.39 is 15.9 Å². The molecule has 4 aromatic rings. The summed E-state index contributed by atoms with van der Waals surface area (Å²) in [5.74, 6) is -0.358. The van der Waals surface area contributed by atoms with Crippen LogP contribution in [0.4, 0.5) is 17.4 Å². The van der Waals surface area contributed by atoms with E-state index in [1.807, 2.05) is 30.3 Å². The monoisotopic (exact) mass is 452 g/mol. The maximum absolute atomic E-state index is 12.9. The van der Waals surface area contributed by atoms with Gasteiger partial charge in [0.2, 0.25) is 5.88 Å². The van der Waals surface area contributed by atoms with E-state index in [0.29, 0.717) is 22.6 Å². The van der Waals surface area contributed by atoms with Crippen LogP contribution in [0.3, 0.4) is 0 Å². The Kier molecular flexibility index (Phi) is 5.41. The summed E-state index contributed by atoms with van der Waals surface area (Å²) in [4.78, 5) is 12.8. The molecule has 0 fully saturated rings. The molecular weight excluding hydrogens is 432 g/mol. The topological polar surface area (TPSA) is 156 Å². The zero-order valence-electron chi connectivity index (χ0n) is 17.2. The van der Waals surface area contributed by atoms with Crippen LogP contribution in [-0.2, 0) is 10.0 Å². The molecule has 2 aromatic carbocycles. The smallest absolute Gasteiger partial charge is 0.264 e. The lowest BCUT2D eigenvalue weighted by atomic mass is 10.1. The number of rotatable bonds is 6. The standard InChI is InChI=1S/C21H20N6O4S/c1-12-13(2)26-31-21(12)27-32(29,30)16-10-8-15(9-11-16)23-20(28)17-18(24-25-19(17)22)14-6-4-3-5-7-14/h3-11,27H,1-2H3,(H,23,28)(H3,22,24,25). The second kappa shape index (κ2) is 8.19. The summed E-state index contributed by atoms with van der Waals surface area (Å²) in [5, 5.41) is 13.2. The summed E-state index contributed by atoms with van der Waals surface area (Å²) in [6.45, 7) is 3.41. The number of aryl methyl sites for hydroxylation is 1. The van der Waals surface area contributed by atoms with Gasteiger partial charge < -0.3 is 15.6 Å². The number of nitrogens with two attached hydrogens (primary N) is 1. The Morgan fingerprint density at radius 1 is 1.06 bits per heavy atom. The van der Waals surface area contributed by atoms with Gasteiger partial charge in [-0.05, 0) is 38.1 Å². The van der Waals surface area contributed by atoms with Crippen molar-refractivity contribution in [3.63, 3.8) is 0 Å². The van der Waals surface area contributed by atoms with Gasteiger partial charge in [-0.25, -0.2) is 13.1 Å². The fourth-order valence-corrected chi connectivity index (χ4v) is 4.05. The first kappa shape index (κ1) is 21.1. The molecule has 2 heterocycles. The summed E-state index contributed by atoms with van der Waals surface area (Å²) in [6.07, 6.45) is 0. The van der Waals surface area contributed by atoms with Crippen LogP contribution >= 0.6 is 0 Å². The van der Waals surface area contributed by atoms with Crippen molar-refractivity contribution in [1.29, 1.82) is 0 Å². The van der Waals surface area contributed by atoms with Crippen molar-refractivity contribution in [1.82, 2.24) is 15.4 Å². The van der Waals surface area contributed by atoms with Crippen LogP contribution in [-0.4, -0.2) is 29.7 Å². The van der Waals surface area contributed by atoms with Crippen LogP contribution in [0.15, 0.2) is 64.0 Å². The fraction of sp³-hybridized carbons (Fsp3) is 0.0952. The lowest BCUT2D eigenvalue weighted by Crippen LogP contribution is -2.15. The van der Waals surface area contributed by atoms with Gasteiger partial charge in [0.25, 0.3) is 15.9 Å². The number of carbonyl (C=O) groups is 1. The van der Waals surface area contributed by atoms with Gasteiger partial charge in [0.05, 0.1) is 16.3 Å². The number of sulfonamides is 1. The normalized spacial score (nSPS) is 11.3. The van der Waals surface area contributed by atoms with Gasteiger partial charge in [0.15, 0.2) is 5.82 Å². The molecule has 0 spiro atoms. The largest absolute Gasteiger partial charge is 0.382 e. The number of nitrogens with zero attached hydrogens (tertiary/aromatic N) is 2. The zero-order chi connectivity index (χ0) is 22.9. The number of carbonyl (C=O) groups excluding carboxylic acids is 1. The second-order valence-corrected chi connectivity index (χ2v) is 8.71. The van der Waals surface area contributed by atoms with Crippen LogP contribution in [0.5, 0.6) is 0 Å². The summed E-state index contributed by atoms with van der Waals surface area (Å²) in [6, 6.07) is 14.9. The molecule has 0 radical (unpaired) electrons. The first-order chi connectivity index (χ1) is 15.3. The van der Waals surface area contributed by atoms with E-state index in [1.54, 1.807) is 13.8 Å². The van der Waals surface area contributed by atoms with Crippen molar-refractivity contribution in [2.45, 2.75) is 18.7 Å². The molecule has 5 N–H and O–H groups in total. The Bertz CT molecular complexity index is 1380. The third-order valence-electron chi connectivity index (χ3n) is 4.89. The summed E-state index contributed by atoms with van der Waals surface area (Å²) in [7, 11) is -3.89. The first-order valence-electron chi connectivity index (χ1n) is 9.52. The highest BCUT2D eigenvalue weighted by Crippen LogP contribution is 2.27. The number of hydrogen-bond donors (Lipinski definition) is 4. The number of anilines is 3. The van der Waals surface area contributed by atoms with Gasteiger partial charge in [0, 0.05) is 16.8 Å². The van der Waals surface area contributed by atoms with Crippen molar-refractivity contribution >= 4 is 33.3 Å². The van der Waals surface area contributed by atoms with Gasteiger partial charge in [0.1, 0.15) is 5.56 Å². The van der Waals surface area contributed by atoms with Crippen molar-refractivity contribution in [3.05, 3.63) is 71.4 Å². The fourth-order valence-electron chi connectivity index (χ4n) is 3.00. The summed E-state index contributed by atoms with van der Waals surface area (Å²) < 4.78 is 32.6. The molecule has 0 bridgehead atoms. The quantitative estimate of drug-likeness (QED) is 0.349. The lowest BCUT2D eigenvalue weighted by molar-refractivity contribution is 0.102. The summed E-state index contributed by atoms with van der Waals surface area (Å²) >= 11 is 0. The molecule has 0 aliphatic rings. The molecule has 11 heteroatoms. The van der Waals surface area contributed by atoms with Gasteiger partial charge in [-0.15, -0.1) is 0 Å². The van der Waals surface area contributed by atoms with Crippen molar-refractivity contribution in [2.75, 3.05) is 15.8 Å². The highest BCUT2D eigenvalue weighted by molar-refractivity contribution is 7.92. The van der Waals surface area contributed by atoms with Gasteiger partial charge in [-0.2, -0.15) is 5.10 Å². The molecule has 0 aliphatic carbocycles. The minimum absolute atomic E-state index is 0.00301. The molecular formula is C21H20N6O4S. The van der Waals surface area contributed by atoms with E-state index in [1.165, 1.54) is 24.3 Å². The number of benzene rings is 2. The van der Waals surface area contributed by atoms with E-state index in [2.05, 4.69) is 25.4 Å². The van der Waals surface area contributed by atoms with Crippen LogP contribution in [0, 0.1) is 13.8 Å². The Balaban J connectivity index is 1.53. The van der Waals surface area contributed by atoms with E-state index in [-0.39, 0.29) is 22.2 Å². The van der Waals surface area contributed by atoms with Crippen molar-refractivity contribution < 1.29 is 17.7 Å². The molecule has 164 valence electrons. The number of aromatic nitrogens is 3. The second-order valence-electron chi connectivity index (χ2n) is 7.03. The van der Waals surface area contributed by atoms with E-state index in [0.717, 1.165) is 5.56 Å². The van der Waals surface area contributed by atoms with Crippen LogP contribution < -0.4 is 15.8 Å². The average molecular weight is 452 g/mol. The maximum Gasteiger partial charge on any atom is 0.264 e. The SMILES string of the molecule is Cc1noc(NS(=O)(=O)c2ccc(NC(=O)c3c(N)n[nH]c3-c3ccccc3)cc2)c1C. The molecule has 0 atom stereocenters. The number of nitrogen functional groups attached to an aromatic ring is 1. The first-order valence-corrected chi connectivity index (χ1v) is 11.0. The molecule has 4 rings (SSSR count). The number of H-pyrrole nitrogens is 1. The van der Waals surface area contributed by atoms with Crippen LogP contribution in [0.1, 0.15) is 21.6 Å². The number of nitrogens with one attached hydrogen (secondary N) is 3. The van der Waals surface area contributed by atoms with E-state index in [4.69, 9.17) is 10.3 Å². The Morgan fingerprint density at radius 2 is 1.75 bits per heavy atom. The van der Waals surface area contributed by atoms with Crippen molar-refractivity contribution in [2.24, 2.45) is 0 Å². The third kappa shape index (κ3) is 4.05. The maximum atomic E-state index is 12.9. The van der Waals surface area contributed by atoms with E-state index in [9.17, 15) is 13.2 Å². The predicted molar refractivity (Wildman–Crippen MR) is 120 cm³/mol.